The van der Waals surface area contributed by atoms with Crippen molar-refractivity contribution in [2.24, 2.45) is 0 Å². The molecule has 2 aromatic carbocycles. The number of ether oxygens (including phenoxy) is 1. The Morgan fingerprint density at radius 2 is 1.73 bits per heavy atom. The molecule has 0 heterocycles. The van der Waals surface area contributed by atoms with E-state index in [1.165, 1.54) is 0 Å². The van der Waals surface area contributed by atoms with E-state index in [1.807, 2.05) is 61.5 Å². The van der Waals surface area contributed by atoms with E-state index in [0.717, 1.165) is 21.7 Å². The van der Waals surface area contributed by atoms with Gasteiger partial charge in [0.25, 0.3) is 0 Å². The second-order valence-electron chi connectivity index (χ2n) is 6.05. The number of benzene rings is 2. The highest BCUT2D eigenvalue weighted by Gasteiger charge is 2.22. The molecule has 0 bridgehead atoms. The number of methoxy groups -OCH3 is 1. The fourth-order valence-corrected chi connectivity index (χ4v) is 3.36. The molecule has 0 fully saturated rings. The van der Waals surface area contributed by atoms with Crippen molar-refractivity contribution >= 4 is 15.9 Å². The Labute approximate surface area is 154 Å². The summed E-state index contributed by atoms with van der Waals surface area (Å²) in [6, 6.07) is 16.3. The van der Waals surface area contributed by atoms with Gasteiger partial charge in [0.15, 0.2) is 0 Å². The Balaban J connectivity index is 2.07. The monoisotopic (exact) mass is 376 g/mol. The van der Waals surface area contributed by atoms with Crippen LogP contribution in [0.1, 0.15) is 24.1 Å². The van der Waals surface area contributed by atoms with Crippen LogP contribution in [0.2, 0.25) is 0 Å². The van der Waals surface area contributed by atoms with Crippen molar-refractivity contribution in [3.8, 4) is 5.75 Å². The normalized spacial score (nSPS) is 12.6. The van der Waals surface area contributed by atoms with Gasteiger partial charge in [0.2, 0.25) is 15.9 Å². The Morgan fingerprint density at radius 3 is 2.35 bits per heavy atom. The summed E-state index contributed by atoms with van der Waals surface area (Å²) >= 11 is 0. The minimum absolute atomic E-state index is 0.149. The highest BCUT2D eigenvalue weighted by Crippen LogP contribution is 2.24. The van der Waals surface area contributed by atoms with Gasteiger partial charge < -0.3 is 10.1 Å². The molecule has 0 spiro atoms. The standard InChI is InChI=1S/C19H24N2O4S/c1-15(17-11-7-8-12-18(17)25-2)20-19(22)14-21(26(3,23)24)13-16-9-5-4-6-10-16/h4-12,15H,13-14H2,1-3H3,(H,20,22)/t15-/m1/s1. The fourth-order valence-electron chi connectivity index (χ4n) is 2.63. The summed E-state index contributed by atoms with van der Waals surface area (Å²) in [4.78, 5) is 12.4. The molecule has 26 heavy (non-hydrogen) atoms. The second-order valence-corrected chi connectivity index (χ2v) is 8.03. The lowest BCUT2D eigenvalue weighted by molar-refractivity contribution is -0.122. The zero-order valence-corrected chi connectivity index (χ0v) is 16.0. The van der Waals surface area contributed by atoms with Crippen molar-refractivity contribution < 1.29 is 17.9 Å². The molecule has 7 heteroatoms. The third-order valence-corrected chi connectivity index (χ3v) is 5.17. The maximum atomic E-state index is 12.4. The molecular weight excluding hydrogens is 352 g/mol. The average molecular weight is 376 g/mol. The maximum Gasteiger partial charge on any atom is 0.235 e. The Hall–Kier alpha value is -2.38. The molecule has 0 aromatic heterocycles. The first-order valence-electron chi connectivity index (χ1n) is 8.22. The average Bonchev–Trinajstić information content (AvgIpc) is 2.61. The van der Waals surface area contributed by atoms with Gasteiger partial charge in [0.05, 0.1) is 26.0 Å². The molecule has 1 amide bonds. The second kappa shape index (κ2) is 8.82. The number of nitrogens with zero attached hydrogens (tertiary/aromatic N) is 1. The number of rotatable bonds is 8. The number of hydrogen-bond acceptors (Lipinski definition) is 4. The summed E-state index contributed by atoms with van der Waals surface area (Å²) in [5.74, 6) is 0.300. The molecule has 2 aromatic rings. The number of carbonyl (C=O) groups excluding carboxylic acids is 1. The molecule has 0 saturated heterocycles. The van der Waals surface area contributed by atoms with E-state index in [9.17, 15) is 13.2 Å². The minimum Gasteiger partial charge on any atom is -0.496 e. The van der Waals surface area contributed by atoms with Crippen LogP contribution in [0.15, 0.2) is 54.6 Å². The molecule has 2 rings (SSSR count). The first-order chi connectivity index (χ1) is 12.3. The van der Waals surface area contributed by atoms with Crippen molar-refractivity contribution in [1.29, 1.82) is 0 Å². The molecule has 0 aliphatic rings. The quantitative estimate of drug-likeness (QED) is 0.767. The van der Waals surface area contributed by atoms with Gasteiger partial charge in [-0.15, -0.1) is 0 Å². The predicted octanol–water partition coefficient (Wildman–Crippen LogP) is 2.33. The number of para-hydroxylation sites is 1. The van der Waals surface area contributed by atoms with Gasteiger partial charge in [0, 0.05) is 12.1 Å². The van der Waals surface area contributed by atoms with Crippen molar-refractivity contribution in [2.75, 3.05) is 19.9 Å². The number of amides is 1. The third-order valence-electron chi connectivity index (χ3n) is 3.97. The zero-order valence-electron chi connectivity index (χ0n) is 15.2. The maximum absolute atomic E-state index is 12.4. The third kappa shape index (κ3) is 5.57. The van der Waals surface area contributed by atoms with Gasteiger partial charge in [-0.25, -0.2) is 8.42 Å². The van der Waals surface area contributed by atoms with Crippen LogP contribution < -0.4 is 10.1 Å². The van der Waals surface area contributed by atoms with E-state index in [-0.39, 0.29) is 25.0 Å². The summed E-state index contributed by atoms with van der Waals surface area (Å²) in [6.07, 6.45) is 1.10. The van der Waals surface area contributed by atoms with E-state index < -0.39 is 10.0 Å². The van der Waals surface area contributed by atoms with E-state index in [0.29, 0.717) is 5.75 Å². The topological polar surface area (TPSA) is 75.7 Å². The lowest BCUT2D eigenvalue weighted by Gasteiger charge is -2.22. The van der Waals surface area contributed by atoms with Gasteiger partial charge in [-0.2, -0.15) is 4.31 Å². The Morgan fingerprint density at radius 1 is 1.12 bits per heavy atom. The SMILES string of the molecule is COc1ccccc1[C@@H](C)NC(=O)CN(Cc1ccccc1)S(C)(=O)=O. The predicted molar refractivity (Wildman–Crippen MR) is 101 cm³/mol. The van der Waals surface area contributed by atoms with Gasteiger partial charge >= 0.3 is 0 Å². The molecule has 0 aliphatic carbocycles. The van der Waals surface area contributed by atoms with Crippen molar-refractivity contribution in [1.82, 2.24) is 9.62 Å². The molecule has 0 unspecified atom stereocenters. The molecule has 0 aliphatic heterocycles. The van der Waals surface area contributed by atoms with Crippen LogP contribution in [-0.4, -0.2) is 38.5 Å². The molecule has 0 radical (unpaired) electrons. The van der Waals surface area contributed by atoms with Crippen molar-refractivity contribution in [3.63, 3.8) is 0 Å². The summed E-state index contributed by atoms with van der Waals surface area (Å²) in [7, 11) is -1.96. The highest BCUT2D eigenvalue weighted by atomic mass is 32.2. The lowest BCUT2D eigenvalue weighted by Crippen LogP contribution is -2.40. The van der Waals surface area contributed by atoms with Gasteiger partial charge in [-0.05, 0) is 18.6 Å². The molecular formula is C19H24N2O4S. The van der Waals surface area contributed by atoms with Gasteiger partial charge in [0.1, 0.15) is 5.75 Å². The lowest BCUT2D eigenvalue weighted by atomic mass is 10.1. The first kappa shape index (κ1) is 19.9. The number of carbonyl (C=O) groups is 1. The van der Waals surface area contributed by atoms with E-state index in [4.69, 9.17) is 4.74 Å². The Bertz CT molecular complexity index is 838. The first-order valence-corrected chi connectivity index (χ1v) is 10.1. The van der Waals surface area contributed by atoms with Crippen LogP contribution in [0, 0.1) is 0 Å². The van der Waals surface area contributed by atoms with Gasteiger partial charge in [-0.3, -0.25) is 4.79 Å². The van der Waals surface area contributed by atoms with Crippen LogP contribution in [-0.2, 0) is 21.4 Å². The smallest absolute Gasteiger partial charge is 0.235 e. The van der Waals surface area contributed by atoms with Crippen LogP contribution in [0.3, 0.4) is 0 Å². The fraction of sp³-hybridized carbons (Fsp3) is 0.316. The largest absolute Gasteiger partial charge is 0.496 e. The van der Waals surface area contributed by atoms with Crippen LogP contribution in [0.25, 0.3) is 0 Å². The van der Waals surface area contributed by atoms with Crippen LogP contribution in [0.5, 0.6) is 5.75 Å². The number of nitrogens with one attached hydrogen (secondary N) is 1. The van der Waals surface area contributed by atoms with Crippen molar-refractivity contribution in [3.05, 3.63) is 65.7 Å². The molecule has 1 N–H and O–H groups in total. The Kier molecular flexibility index (Phi) is 6.76. The summed E-state index contributed by atoms with van der Waals surface area (Å²) in [6.45, 7) is 1.74. The van der Waals surface area contributed by atoms with Crippen LogP contribution >= 0.6 is 0 Å². The summed E-state index contributed by atoms with van der Waals surface area (Å²) in [5.41, 5.74) is 1.65. The zero-order chi connectivity index (χ0) is 19.2. The molecule has 0 saturated carbocycles. The molecule has 140 valence electrons. The summed E-state index contributed by atoms with van der Waals surface area (Å²) < 4.78 is 30.6. The van der Waals surface area contributed by atoms with E-state index in [1.54, 1.807) is 7.11 Å². The summed E-state index contributed by atoms with van der Waals surface area (Å²) in [5, 5.41) is 2.83. The molecule has 1 atom stereocenters. The highest BCUT2D eigenvalue weighted by molar-refractivity contribution is 7.88. The number of hydrogen-bond donors (Lipinski definition) is 1. The van der Waals surface area contributed by atoms with Crippen molar-refractivity contribution in [2.45, 2.75) is 19.5 Å². The van der Waals surface area contributed by atoms with E-state index in [2.05, 4.69) is 5.32 Å². The van der Waals surface area contributed by atoms with Gasteiger partial charge in [-0.1, -0.05) is 48.5 Å². The number of sulfonamides is 1. The minimum atomic E-state index is -3.52. The molecule has 6 nitrogen and oxygen atoms in total. The van der Waals surface area contributed by atoms with E-state index >= 15 is 0 Å². The van der Waals surface area contributed by atoms with Crippen LogP contribution in [0.4, 0.5) is 0 Å².